The van der Waals surface area contributed by atoms with Gasteiger partial charge >= 0.3 is 6.03 Å². The molecule has 17 heavy (non-hydrogen) atoms. The second-order valence-electron chi connectivity index (χ2n) is 4.21. The van der Waals surface area contributed by atoms with Gasteiger partial charge in [-0.1, -0.05) is 13.8 Å². The molecule has 6 nitrogen and oxygen atoms in total. The van der Waals surface area contributed by atoms with Crippen LogP contribution in [0, 0.1) is 0 Å². The van der Waals surface area contributed by atoms with Crippen LogP contribution in [-0.2, 0) is 4.79 Å². The van der Waals surface area contributed by atoms with E-state index in [2.05, 4.69) is 15.5 Å². The minimum Gasteiger partial charge on any atom is -0.292 e. The molecule has 0 atom stereocenters. The van der Waals surface area contributed by atoms with Crippen LogP contribution in [0.15, 0.2) is 12.3 Å². The van der Waals surface area contributed by atoms with Crippen molar-refractivity contribution in [1.29, 1.82) is 0 Å². The molecule has 1 N–H and O–H groups in total. The van der Waals surface area contributed by atoms with Crippen LogP contribution in [-0.4, -0.2) is 28.7 Å². The Hall–Kier alpha value is -1.98. The summed E-state index contributed by atoms with van der Waals surface area (Å²) in [4.78, 5) is 24.3. The highest BCUT2D eigenvalue weighted by molar-refractivity contribution is 6.05. The fourth-order valence-electron chi connectivity index (χ4n) is 1.77. The lowest BCUT2D eigenvalue weighted by Crippen LogP contribution is -2.50. The molecule has 90 valence electrons. The summed E-state index contributed by atoms with van der Waals surface area (Å²) in [5.74, 6) is -0.0662. The second-order valence-corrected chi connectivity index (χ2v) is 4.21. The molecule has 0 bridgehead atoms. The standard InChI is InChI=1S/C11H14N4O2/c1-7(2)10-8(3-5-12-14-10)15-6-4-9(16)13-11(15)17/h3,5,7H,4,6H2,1-2H3,(H,13,16,17). The zero-order valence-electron chi connectivity index (χ0n) is 9.80. The van der Waals surface area contributed by atoms with Crippen LogP contribution in [0.2, 0.25) is 0 Å². The van der Waals surface area contributed by atoms with E-state index in [1.54, 1.807) is 12.3 Å². The summed E-state index contributed by atoms with van der Waals surface area (Å²) < 4.78 is 0. The van der Waals surface area contributed by atoms with Gasteiger partial charge in [0.1, 0.15) is 0 Å². The molecule has 1 saturated heterocycles. The van der Waals surface area contributed by atoms with E-state index in [-0.39, 0.29) is 11.8 Å². The molecule has 0 unspecified atom stereocenters. The van der Waals surface area contributed by atoms with E-state index in [1.165, 1.54) is 4.90 Å². The van der Waals surface area contributed by atoms with Gasteiger partial charge in [-0.25, -0.2) is 4.79 Å². The van der Waals surface area contributed by atoms with Crippen LogP contribution in [0.1, 0.15) is 31.9 Å². The summed E-state index contributed by atoms with van der Waals surface area (Å²) in [5.41, 5.74) is 1.48. The Morgan fingerprint density at radius 1 is 1.41 bits per heavy atom. The molecule has 1 aliphatic rings. The minimum absolute atomic E-state index is 0.170. The monoisotopic (exact) mass is 234 g/mol. The highest BCUT2D eigenvalue weighted by Crippen LogP contribution is 2.25. The summed E-state index contributed by atoms with van der Waals surface area (Å²) in [6.07, 6.45) is 1.86. The van der Waals surface area contributed by atoms with Gasteiger partial charge in [0, 0.05) is 13.0 Å². The molecule has 0 radical (unpaired) electrons. The van der Waals surface area contributed by atoms with Crippen molar-refractivity contribution in [3.63, 3.8) is 0 Å². The molecule has 2 rings (SSSR count). The SMILES string of the molecule is CC(C)c1nnccc1N1CCC(=O)NC1=O. The first-order valence-corrected chi connectivity index (χ1v) is 5.52. The molecular weight excluding hydrogens is 220 g/mol. The van der Waals surface area contributed by atoms with Gasteiger partial charge in [0.25, 0.3) is 0 Å². The van der Waals surface area contributed by atoms with Crippen molar-refractivity contribution >= 4 is 17.6 Å². The Morgan fingerprint density at radius 2 is 2.18 bits per heavy atom. The van der Waals surface area contributed by atoms with Crippen LogP contribution in [0.3, 0.4) is 0 Å². The van der Waals surface area contributed by atoms with Crippen molar-refractivity contribution in [3.8, 4) is 0 Å². The molecule has 1 aromatic heterocycles. The zero-order chi connectivity index (χ0) is 12.4. The van der Waals surface area contributed by atoms with Crippen LogP contribution in [0.4, 0.5) is 10.5 Å². The predicted octanol–water partition coefficient (Wildman–Crippen LogP) is 1.05. The number of nitrogens with zero attached hydrogens (tertiary/aromatic N) is 3. The first kappa shape index (κ1) is 11.5. The van der Waals surface area contributed by atoms with Gasteiger partial charge in [-0.3, -0.25) is 15.0 Å². The molecule has 1 fully saturated rings. The normalized spacial score (nSPS) is 16.3. The second kappa shape index (κ2) is 4.48. The van der Waals surface area contributed by atoms with Crippen LogP contribution >= 0.6 is 0 Å². The van der Waals surface area contributed by atoms with Crippen molar-refractivity contribution in [2.45, 2.75) is 26.2 Å². The fraction of sp³-hybridized carbons (Fsp3) is 0.455. The molecular formula is C11H14N4O2. The van der Waals surface area contributed by atoms with Crippen LogP contribution in [0.5, 0.6) is 0 Å². The van der Waals surface area contributed by atoms with E-state index >= 15 is 0 Å². The third kappa shape index (κ3) is 2.25. The predicted molar refractivity (Wildman–Crippen MR) is 61.6 cm³/mol. The molecule has 0 spiro atoms. The Morgan fingerprint density at radius 3 is 2.82 bits per heavy atom. The summed E-state index contributed by atoms with van der Waals surface area (Å²) >= 11 is 0. The van der Waals surface area contributed by atoms with Crippen molar-refractivity contribution < 1.29 is 9.59 Å². The van der Waals surface area contributed by atoms with Crippen LogP contribution in [0.25, 0.3) is 0 Å². The number of aromatic nitrogens is 2. The third-order valence-electron chi connectivity index (χ3n) is 2.62. The lowest BCUT2D eigenvalue weighted by atomic mass is 10.1. The molecule has 0 aromatic carbocycles. The maximum atomic E-state index is 11.7. The highest BCUT2D eigenvalue weighted by Gasteiger charge is 2.26. The molecule has 3 amide bonds. The first-order valence-electron chi connectivity index (χ1n) is 5.52. The molecule has 0 aliphatic carbocycles. The van der Waals surface area contributed by atoms with Gasteiger partial charge in [-0.05, 0) is 12.0 Å². The van der Waals surface area contributed by atoms with Crippen molar-refractivity contribution in [2.75, 3.05) is 11.4 Å². The van der Waals surface area contributed by atoms with Crippen LogP contribution < -0.4 is 10.2 Å². The van der Waals surface area contributed by atoms with Gasteiger partial charge in [0.15, 0.2) is 0 Å². The van der Waals surface area contributed by atoms with Gasteiger partial charge < -0.3 is 0 Å². The minimum atomic E-state index is -0.392. The number of carbonyl (C=O) groups excluding carboxylic acids is 2. The number of amides is 3. The Bertz CT molecular complexity index is 459. The fourth-order valence-corrected chi connectivity index (χ4v) is 1.77. The molecule has 0 saturated carbocycles. The number of urea groups is 1. The van der Waals surface area contributed by atoms with E-state index in [0.717, 1.165) is 11.4 Å². The van der Waals surface area contributed by atoms with Gasteiger partial charge in [0.05, 0.1) is 17.6 Å². The van der Waals surface area contributed by atoms with Gasteiger partial charge in [0.2, 0.25) is 5.91 Å². The van der Waals surface area contributed by atoms with Gasteiger partial charge in [-0.15, -0.1) is 0 Å². The number of anilines is 1. The maximum Gasteiger partial charge on any atom is 0.328 e. The molecule has 1 aromatic rings. The van der Waals surface area contributed by atoms with Crippen molar-refractivity contribution in [2.24, 2.45) is 0 Å². The Kier molecular flexibility index (Phi) is 3.03. The van der Waals surface area contributed by atoms with Crippen molar-refractivity contribution in [3.05, 3.63) is 18.0 Å². The largest absolute Gasteiger partial charge is 0.328 e. The van der Waals surface area contributed by atoms with E-state index in [1.807, 2.05) is 13.8 Å². The Labute approximate surface area is 99.0 Å². The lowest BCUT2D eigenvalue weighted by molar-refractivity contribution is -0.120. The van der Waals surface area contributed by atoms with Gasteiger partial charge in [-0.2, -0.15) is 10.2 Å². The summed E-state index contributed by atoms with van der Waals surface area (Å²) in [7, 11) is 0. The zero-order valence-corrected chi connectivity index (χ0v) is 9.80. The first-order chi connectivity index (χ1) is 8.09. The van der Waals surface area contributed by atoms with E-state index in [4.69, 9.17) is 0 Å². The number of hydrogen-bond acceptors (Lipinski definition) is 4. The number of nitrogens with one attached hydrogen (secondary N) is 1. The molecule has 2 heterocycles. The average molecular weight is 234 g/mol. The van der Waals surface area contributed by atoms with E-state index in [9.17, 15) is 9.59 Å². The quantitative estimate of drug-likeness (QED) is 0.829. The molecule has 1 aliphatic heterocycles. The van der Waals surface area contributed by atoms with E-state index in [0.29, 0.717) is 13.0 Å². The summed E-state index contributed by atoms with van der Waals surface area (Å²) in [5, 5.41) is 10.2. The topological polar surface area (TPSA) is 75.2 Å². The lowest BCUT2D eigenvalue weighted by Gasteiger charge is -2.28. The summed E-state index contributed by atoms with van der Waals surface area (Å²) in [6.45, 7) is 4.36. The highest BCUT2D eigenvalue weighted by atomic mass is 16.2. The number of imide groups is 1. The maximum absolute atomic E-state index is 11.7. The van der Waals surface area contributed by atoms with Crippen molar-refractivity contribution in [1.82, 2.24) is 15.5 Å². The number of rotatable bonds is 2. The average Bonchev–Trinajstić information content (AvgIpc) is 2.29. The number of carbonyl (C=O) groups is 2. The summed E-state index contributed by atoms with van der Waals surface area (Å²) in [6, 6.07) is 1.36. The number of hydrogen-bond donors (Lipinski definition) is 1. The third-order valence-corrected chi connectivity index (χ3v) is 2.62. The smallest absolute Gasteiger partial charge is 0.292 e. The Balaban J connectivity index is 2.34. The van der Waals surface area contributed by atoms with E-state index < -0.39 is 6.03 Å². The molecule has 6 heteroatoms.